The van der Waals surface area contributed by atoms with Gasteiger partial charge in [0.2, 0.25) is 0 Å². The van der Waals surface area contributed by atoms with Gasteiger partial charge in [-0.15, -0.1) is 10.3 Å². The molecule has 1 aliphatic carbocycles. The monoisotopic (exact) mass is 529 g/mol. The second-order valence-electron chi connectivity index (χ2n) is 9.66. The Bertz CT molecular complexity index is 1960. The van der Waals surface area contributed by atoms with E-state index in [-0.39, 0.29) is 11.5 Å². The molecule has 2 aromatic carbocycles. The van der Waals surface area contributed by atoms with E-state index in [4.69, 9.17) is 11.2 Å². The number of methoxy groups -OCH3 is 1. The molecule has 1 fully saturated rings. The average molecular weight is 530 g/mol. The number of fused-ring (bicyclic) bond motifs is 4. The van der Waals surface area contributed by atoms with E-state index in [0.717, 1.165) is 49.2 Å². The molecular formula is C29H24FN3O4S. The minimum atomic E-state index is -4.95. The van der Waals surface area contributed by atoms with Crippen molar-refractivity contribution in [2.24, 2.45) is 0 Å². The first-order valence-electron chi connectivity index (χ1n) is 12.4. The van der Waals surface area contributed by atoms with E-state index < -0.39 is 15.1 Å². The number of ether oxygens (including phenoxy) is 1. The lowest BCUT2D eigenvalue weighted by Crippen LogP contribution is -2.18. The summed E-state index contributed by atoms with van der Waals surface area (Å²) in [6.45, 7) is 0. The molecule has 3 aromatic heterocycles. The molecule has 6 rings (SSSR count). The van der Waals surface area contributed by atoms with Gasteiger partial charge in [0.05, 0.1) is 23.4 Å². The number of benzene rings is 2. The van der Waals surface area contributed by atoms with Crippen LogP contribution in [0.15, 0.2) is 58.5 Å². The maximum Gasteiger partial charge on any atom is 0.333 e. The fourth-order valence-electron chi connectivity index (χ4n) is 5.70. The van der Waals surface area contributed by atoms with E-state index in [1.54, 1.807) is 6.07 Å². The molecule has 0 aliphatic heterocycles. The first-order chi connectivity index (χ1) is 18.3. The van der Waals surface area contributed by atoms with Crippen LogP contribution in [-0.4, -0.2) is 30.1 Å². The number of hydrogen-bond acceptors (Lipinski definition) is 5. The number of rotatable bonds is 4. The molecule has 5 aromatic rings. The normalized spacial score (nSPS) is 14.8. The Morgan fingerprint density at radius 3 is 2.61 bits per heavy atom. The highest BCUT2D eigenvalue weighted by molar-refractivity contribution is 7.86. The predicted octanol–water partition coefficient (Wildman–Crippen LogP) is 5.85. The Morgan fingerprint density at radius 1 is 1.11 bits per heavy atom. The molecule has 1 N–H and O–H groups in total. The molecular weight excluding hydrogens is 505 g/mol. The summed E-state index contributed by atoms with van der Waals surface area (Å²) in [5, 5.41) is 1.86. The Morgan fingerprint density at radius 2 is 1.89 bits per heavy atom. The largest absolute Gasteiger partial charge is 0.496 e. The molecule has 192 valence electrons. The highest BCUT2D eigenvalue weighted by Gasteiger charge is 2.25. The fraction of sp³-hybridized carbons (Fsp3) is 0.241. The minimum absolute atomic E-state index is 0.145. The van der Waals surface area contributed by atoms with Crippen molar-refractivity contribution in [3.63, 3.8) is 0 Å². The molecule has 0 saturated heterocycles. The summed E-state index contributed by atoms with van der Waals surface area (Å²) in [4.78, 5) is 20.8. The number of aromatic nitrogens is 3. The summed E-state index contributed by atoms with van der Waals surface area (Å²) in [5.74, 6) is 3.00. The lowest BCUT2D eigenvalue weighted by molar-refractivity contribution is 0.365. The Labute approximate surface area is 218 Å². The van der Waals surface area contributed by atoms with Gasteiger partial charge < -0.3 is 14.3 Å². The molecule has 1 aliphatic rings. The SMILES string of the molecule is C#Cc1ccc2c(c1)[nH]c1c2c(=O)c2cc(OC)c(-c3cncc(S(=O)(=O)F)c3)cc2n1C1CCCCC1. The smallest absolute Gasteiger partial charge is 0.333 e. The topological polar surface area (TPSA) is 94.1 Å². The summed E-state index contributed by atoms with van der Waals surface area (Å²) in [6, 6.07) is 10.4. The van der Waals surface area contributed by atoms with Crippen LogP contribution in [-0.2, 0) is 10.2 Å². The standard InChI is InChI=1S/C29H24FN3O4S/c1-3-17-9-10-21-24(11-17)32-29-27(21)28(34)23-14-26(37-2)22(18-12-20(16-31-15-18)38(30,35)36)13-25(23)33(29)19-7-5-4-6-8-19/h1,9-16,19,32H,4-8H2,2H3. The number of aromatic amines is 1. The number of nitrogens with one attached hydrogen (secondary N) is 1. The van der Waals surface area contributed by atoms with Crippen molar-refractivity contribution in [3.8, 4) is 29.2 Å². The zero-order chi connectivity index (χ0) is 26.6. The molecule has 0 atom stereocenters. The summed E-state index contributed by atoms with van der Waals surface area (Å²) < 4.78 is 44.7. The quantitative estimate of drug-likeness (QED) is 0.233. The molecule has 0 radical (unpaired) electrons. The molecule has 38 heavy (non-hydrogen) atoms. The highest BCUT2D eigenvalue weighted by atomic mass is 32.3. The van der Waals surface area contributed by atoms with Crippen molar-refractivity contribution < 1.29 is 17.0 Å². The third-order valence-electron chi connectivity index (χ3n) is 7.48. The van der Waals surface area contributed by atoms with Gasteiger partial charge in [-0.3, -0.25) is 9.78 Å². The van der Waals surface area contributed by atoms with Crippen molar-refractivity contribution in [2.45, 2.75) is 43.0 Å². The predicted molar refractivity (Wildman–Crippen MR) is 146 cm³/mol. The zero-order valence-corrected chi connectivity index (χ0v) is 21.4. The van der Waals surface area contributed by atoms with Crippen molar-refractivity contribution in [3.05, 3.63) is 64.6 Å². The number of terminal acetylenes is 1. The van der Waals surface area contributed by atoms with Crippen LogP contribution in [0, 0.1) is 12.3 Å². The van der Waals surface area contributed by atoms with E-state index >= 15 is 0 Å². The molecule has 3 heterocycles. The van der Waals surface area contributed by atoms with Gasteiger partial charge in [0.1, 0.15) is 16.3 Å². The minimum Gasteiger partial charge on any atom is -0.496 e. The fourth-order valence-corrected chi connectivity index (χ4v) is 6.16. The van der Waals surface area contributed by atoms with Crippen LogP contribution in [0.4, 0.5) is 3.89 Å². The Hall–Kier alpha value is -4.16. The van der Waals surface area contributed by atoms with E-state index in [0.29, 0.717) is 44.4 Å². The summed E-state index contributed by atoms with van der Waals surface area (Å²) >= 11 is 0. The van der Waals surface area contributed by atoms with E-state index in [9.17, 15) is 17.1 Å². The van der Waals surface area contributed by atoms with Gasteiger partial charge >= 0.3 is 10.2 Å². The number of hydrogen-bond donors (Lipinski definition) is 1. The molecule has 7 nitrogen and oxygen atoms in total. The van der Waals surface area contributed by atoms with E-state index in [2.05, 4.69) is 20.5 Å². The van der Waals surface area contributed by atoms with Crippen LogP contribution in [0.3, 0.4) is 0 Å². The third-order valence-corrected chi connectivity index (χ3v) is 8.27. The van der Waals surface area contributed by atoms with E-state index in [1.807, 2.05) is 24.3 Å². The maximum absolute atomic E-state index is 14.0. The van der Waals surface area contributed by atoms with Gasteiger partial charge in [-0.25, -0.2) is 0 Å². The van der Waals surface area contributed by atoms with Crippen LogP contribution < -0.4 is 10.2 Å². The lowest BCUT2D eigenvalue weighted by Gasteiger charge is -2.27. The van der Waals surface area contributed by atoms with Gasteiger partial charge in [-0.05, 0) is 43.2 Å². The van der Waals surface area contributed by atoms with Crippen molar-refractivity contribution >= 4 is 43.1 Å². The maximum atomic E-state index is 14.0. The summed E-state index contributed by atoms with van der Waals surface area (Å²) in [7, 11) is -3.48. The van der Waals surface area contributed by atoms with Crippen LogP contribution in [0.25, 0.3) is 44.0 Å². The first-order valence-corrected chi connectivity index (χ1v) is 13.8. The molecule has 9 heteroatoms. The van der Waals surface area contributed by atoms with Gasteiger partial charge in [-0.1, -0.05) is 31.2 Å². The first kappa shape index (κ1) is 24.2. The van der Waals surface area contributed by atoms with Crippen LogP contribution in [0.5, 0.6) is 5.75 Å². The van der Waals surface area contributed by atoms with E-state index in [1.165, 1.54) is 19.4 Å². The second kappa shape index (κ2) is 8.99. The number of H-pyrrole nitrogens is 1. The van der Waals surface area contributed by atoms with Gasteiger partial charge in [0.15, 0.2) is 5.43 Å². The summed E-state index contributed by atoms with van der Waals surface area (Å²) in [6.07, 6.45) is 13.2. The third kappa shape index (κ3) is 3.84. The number of pyridine rings is 2. The van der Waals surface area contributed by atoms with Gasteiger partial charge in [0.25, 0.3) is 0 Å². The number of halogens is 1. The van der Waals surface area contributed by atoms with Crippen LogP contribution in [0.1, 0.15) is 43.7 Å². The second-order valence-corrected chi connectivity index (χ2v) is 11.0. The van der Waals surface area contributed by atoms with Crippen LogP contribution >= 0.6 is 0 Å². The van der Waals surface area contributed by atoms with Gasteiger partial charge in [-0.2, -0.15) is 8.42 Å². The Balaban J connectivity index is 1.74. The van der Waals surface area contributed by atoms with Crippen molar-refractivity contribution in [2.75, 3.05) is 7.11 Å². The zero-order valence-electron chi connectivity index (χ0n) is 20.6. The van der Waals surface area contributed by atoms with Crippen molar-refractivity contribution in [1.29, 1.82) is 0 Å². The van der Waals surface area contributed by atoms with Crippen LogP contribution in [0.2, 0.25) is 0 Å². The molecule has 0 unspecified atom stereocenters. The molecule has 0 bridgehead atoms. The number of nitrogens with zero attached hydrogens (tertiary/aromatic N) is 2. The molecule has 0 spiro atoms. The lowest BCUT2D eigenvalue weighted by atomic mass is 9.94. The summed E-state index contributed by atoms with van der Waals surface area (Å²) in [5.41, 5.74) is 3.61. The average Bonchev–Trinajstić information content (AvgIpc) is 3.31. The highest BCUT2D eigenvalue weighted by Crippen LogP contribution is 2.39. The molecule has 1 saturated carbocycles. The Kier molecular flexibility index (Phi) is 5.73. The molecule has 0 amide bonds. The van der Waals surface area contributed by atoms with Gasteiger partial charge in [0, 0.05) is 46.0 Å². The van der Waals surface area contributed by atoms with Crippen molar-refractivity contribution in [1.82, 2.24) is 14.5 Å².